The largest absolute Gasteiger partial charge is 0.481 e. The molecular weight excluding hydrogens is 200 g/mol. The summed E-state index contributed by atoms with van der Waals surface area (Å²) in [5, 5.41) is 18.5. The molecule has 0 amide bonds. The molecule has 0 atom stereocenters. The van der Waals surface area contributed by atoms with Crippen molar-refractivity contribution in [2.75, 3.05) is 0 Å². The first kappa shape index (κ1) is 11.1. The first-order valence-corrected chi connectivity index (χ1v) is 5.45. The van der Waals surface area contributed by atoms with Crippen LogP contribution in [0.15, 0.2) is 0 Å². The molecule has 0 radical (unpaired) electrons. The van der Waals surface area contributed by atoms with E-state index < -0.39 is 5.97 Å². The number of hydrogen-bond acceptors (Lipinski definition) is 4. The normalized spacial score (nSPS) is 10.8. The lowest BCUT2D eigenvalue weighted by Crippen LogP contribution is -1.95. The topological polar surface area (TPSA) is 63.1 Å². The summed E-state index contributed by atoms with van der Waals surface area (Å²) in [4.78, 5) is 10.3. The Balaban J connectivity index is 2.40. The number of aliphatic carboxylic acids is 1. The van der Waals surface area contributed by atoms with Gasteiger partial charge in [0.25, 0.3) is 0 Å². The average molecular weight is 214 g/mol. The SMILES string of the molecule is CC(C)c1nnc(CCCC(=O)O)s1. The molecule has 78 valence electrons. The van der Waals surface area contributed by atoms with Gasteiger partial charge in [0.15, 0.2) is 0 Å². The third-order valence-electron chi connectivity index (χ3n) is 1.76. The predicted octanol–water partition coefficient (Wildman–Crippen LogP) is 2.07. The van der Waals surface area contributed by atoms with Gasteiger partial charge in [-0.2, -0.15) is 0 Å². The van der Waals surface area contributed by atoms with Crippen molar-refractivity contribution in [3.63, 3.8) is 0 Å². The summed E-state index contributed by atoms with van der Waals surface area (Å²) in [6.07, 6.45) is 1.56. The van der Waals surface area contributed by atoms with Crippen LogP contribution in [0, 0.1) is 0 Å². The maximum atomic E-state index is 10.3. The van der Waals surface area contributed by atoms with Crippen molar-refractivity contribution in [1.29, 1.82) is 0 Å². The number of aromatic nitrogens is 2. The van der Waals surface area contributed by atoms with Crippen LogP contribution in [0.5, 0.6) is 0 Å². The second-order valence-corrected chi connectivity index (χ2v) is 4.53. The first-order chi connectivity index (χ1) is 6.59. The van der Waals surface area contributed by atoms with Crippen molar-refractivity contribution in [2.24, 2.45) is 0 Å². The molecule has 1 aromatic rings. The Bertz CT molecular complexity index is 310. The fraction of sp³-hybridized carbons (Fsp3) is 0.667. The van der Waals surface area contributed by atoms with Crippen molar-refractivity contribution < 1.29 is 9.90 Å². The van der Waals surface area contributed by atoms with Crippen LogP contribution in [-0.4, -0.2) is 21.3 Å². The van der Waals surface area contributed by atoms with Gasteiger partial charge in [-0.25, -0.2) is 0 Å². The molecule has 0 fully saturated rings. The number of carboxylic acids is 1. The van der Waals surface area contributed by atoms with Crippen molar-refractivity contribution in [2.45, 2.75) is 39.0 Å². The lowest BCUT2D eigenvalue weighted by molar-refractivity contribution is -0.137. The van der Waals surface area contributed by atoms with Gasteiger partial charge < -0.3 is 5.11 Å². The minimum Gasteiger partial charge on any atom is -0.481 e. The highest BCUT2D eigenvalue weighted by molar-refractivity contribution is 7.11. The van der Waals surface area contributed by atoms with Gasteiger partial charge in [0.1, 0.15) is 10.0 Å². The third-order valence-corrected chi connectivity index (χ3v) is 3.04. The Labute approximate surface area is 87.0 Å². The van der Waals surface area contributed by atoms with E-state index in [-0.39, 0.29) is 6.42 Å². The van der Waals surface area contributed by atoms with Crippen molar-refractivity contribution in [3.05, 3.63) is 10.0 Å². The minimum atomic E-state index is -0.751. The molecule has 0 aliphatic rings. The summed E-state index contributed by atoms with van der Waals surface area (Å²) < 4.78 is 0. The van der Waals surface area contributed by atoms with Crippen LogP contribution in [0.1, 0.15) is 42.6 Å². The van der Waals surface area contributed by atoms with Crippen LogP contribution in [0.2, 0.25) is 0 Å². The Morgan fingerprint density at radius 3 is 2.71 bits per heavy atom. The summed E-state index contributed by atoms with van der Waals surface area (Å²) in [6.45, 7) is 4.14. The molecule has 0 aliphatic heterocycles. The predicted molar refractivity (Wildman–Crippen MR) is 54.6 cm³/mol. The summed E-state index contributed by atoms with van der Waals surface area (Å²) in [6, 6.07) is 0. The number of carbonyl (C=O) groups is 1. The van der Waals surface area contributed by atoms with Gasteiger partial charge in [0, 0.05) is 18.8 Å². The molecule has 0 bridgehead atoms. The highest BCUT2D eigenvalue weighted by atomic mass is 32.1. The molecule has 0 aromatic carbocycles. The summed E-state index contributed by atoms with van der Waals surface area (Å²) in [5.74, 6) is -0.348. The van der Waals surface area contributed by atoms with E-state index in [2.05, 4.69) is 24.0 Å². The Morgan fingerprint density at radius 2 is 2.21 bits per heavy atom. The minimum absolute atomic E-state index is 0.205. The monoisotopic (exact) mass is 214 g/mol. The van der Waals surface area contributed by atoms with E-state index in [4.69, 9.17) is 5.11 Å². The first-order valence-electron chi connectivity index (χ1n) is 4.63. The quantitative estimate of drug-likeness (QED) is 0.815. The summed E-state index contributed by atoms with van der Waals surface area (Å²) >= 11 is 1.58. The van der Waals surface area contributed by atoms with Crippen molar-refractivity contribution >= 4 is 17.3 Å². The maximum Gasteiger partial charge on any atom is 0.303 e. The van der Waals surface area contributed by atoms with Crippen molar-refractivity contribution in [1.82, 2.24) is 10.2 Å². The fourth-order valence-electron chi connectivity index (χ4n) is 0.992. The fourth-order valence-corrected chi connectivity index (χ4v) is 1.88. The van der Waals surface area contributed by atoms with Gasteiger partial charge in [0.2, 0.25) is 0 Å². The molecule has 14 heavy (non-hydrogen) atoms. The van der Waals surface area contributed by atoms with Crippen LogP contribution in [0.4, 0.5) is 0 Å². The van der Waals surface area contributed by atoms with E-state index >= 15 is 0 Å². The number of rotatable bonds is 5. The van der Waals surface area contributed by atoms with E-state index in [9.17, 15) is 4.79 Å². The number of carboxylic acid groups (broad SMARTS) is 1. The van der Waals surface area contributed by atoms with Gasteiger partial charge in [-0.05, 0) is 6.42 Å². The van der Waals surface area contributed by atoms with E-state index in [1.54, 1.807) is 11.3 Å². The van der Waals surface area contributed by atoms with E-state index in [1.807, 2.05) is 0 Å². The number of aryl methyl sites for hydroxylation is 1. The van der Waals surface area contributed by atoms with Gasteiger partial charge in [-0.15, -0.1) is 21.5 Å². The molecule has 0 unspecified atom stereocenters. The zero-order chi connectivity index (χ0) is 10.6. The van der Waals surface area contributed by atoms with Crippen LogP contribution < -0.4 is 0 Å². The molecule has 1 heterocycles. The van der Waals surface area contributed by atoms with Gasteiger partial charge in [0.05, 0.1) is 0 Å². The standard InChI is InChI=1S/C9H14N2O2S/c1-6(2)9-11-10-7(14-9)4-3-5-8(12)13/h6H,3-5H2,1-2H3,(H,12,13). The summed E-state index contributed by atoms with van der Waals surface area (Å²) in [5.41, 5.74) is 0. The molecule has 0 spiro atoms. The van der Waals surface area contributed by atoms with Crippen molar-refractivity contribution in [3.8, 4) is 0 Å². The van der Waals surface area contributed by atoms with Crippen LogP contribution in [0.3, 0.4) is 0 Å². The second kappa shape index (κ2) is 5.05. The smallest absolute Gasteiger partial charge is 0.303 e. The highest BCUT2D eigenvalue weighted by Crippen LogP contribution is 2.19. The molecule has 0 saturated carbocycles. The average Bonchev–Trinajstić information content (AvgIpc) is 2.52. The molecule has 0 saturated heterocycles. The lowest BCUT2D eigenvalue weighted by Gasteiger charge is -1.94. The van der Waals surface area contributed by atoms with Gasteiger partial charge in [-0.3, -0.25) is 4.79 Å². The van der Waals surface area contributed by atoms with Gasteiger partial charge in [-0.1, -0.05) is 13.8 Å². The van der Waals surface area contributed by atoms with E-state index in [0.717, 1.165) is 16.4 Å². The van der Waals surface area contributed by atoms with E-state index in [0.29, 0.717) is 12.3 Å². The van der Waals surface area contributed by atoms with Gasteiger partial charge >= 0.3 is 5.97 Å². The molecule has 1 N–H and O–H groups in total. The Morgan fingerprint density at radius 1 is 1.50 bits per heavy atom. The molecular formula is C9H14N2O2S. The summed E-state index contributed by atoms with van der Waals surface area (Å²) in [7, 11) is 0. The number of hydrogen-bond donors (Lipinski definition) is 1. The molecule has 1 aromatic heterocycles. The van der Waals surface area contributed by atoms with Crippen LogP contribution in [-0.2, 0) is 11.2 Å². The highest BCUT2D eigenvalue weighted by Gasteiger charge is 2.07. The Kier molecular flexibility index (Phi) is 4.00. The Hall–Kier alpha value is -0.970. The number of nitrogens with zero attached hydrogens (tertiary/aromatic N) is 2. The molecule has 1 rings (SSSR count). The third kappa shape index (κ3) is 3.41. The molecule has 0 aliphatic carbocycles. The zero-order valence-corrected chi connectivity index (χ0v) is 9.17. The van der Waals surface area contributed by atoms with E-state index in [1.165, 1.54) is 0 Å². The molecule has 5 heteroatoms. The lowest BCUT2D eigenvalue weighted by atomic mass is 10.2. The van der Waals surface area contributed by atoms with Crippen LogP contribution in [0.25, 0.3) is 0 Å². The van der Waals surface area contributed by atoms with Crippen LogP contribution >= 0.6 is 11.3 Å². The zero-order valence-electron chi connectivity index (χ0n) is 8.36. The maximum absolute atomic E-state index is 10.3. The molecule has 4 nitrogen and oxygen atoms in total. The second-order valence-electron chi connectivity index (χ2n) is 3.44.